The fourth-order valence-corrected chi connectivity index (χ4v) is 4.03. The van der Waals surface area contributed by atoms with Crippen molar-refractivity contribution in [3.05, 3.63) is 23.3 Å². The Morgan fingerprint density at radius 3 is 2.50 bits per heavy atom. The van der Waals surface area contributed by atoms with Crippen molar-refractivity contribution in [3.63, 3.8) is 0 Å². The summed E-state index contributed by atoms with van der Waals surface area (Å²) in [4.78, 5) is 2.53. The highest BCUT2D eigenvalue weighted by Gasteiger charge is 2.39. The highest BCUT2D eigenvalue weighted by Crippen LogP contribution is 2.43. The number of aliphatic hydroxyl groups is 1. The van der Waals surface area contributed by atoms with Gasteiger partial charge in [-0.25, -0.2) is 0 Å². The van der Waals surface area contributed by atoms with Gasteiger partial charge < -0.3 is 14.6 Å². The van der Waals surface area contributed by atoms with E-state index in [-0.39, 0.29) is 6.10 Å². The smallest absolute Gasteiger partial charge is 0.161 e. The molecular weight excluding hydrogens is 278 g/mol. The van der Waals surface area contributed by atoms with E-state index in [1.807, 2.05) is 0 Å². The van der Waals surface area contributed by atoms with Gasteiger partial charge in [0.2, 0.25) is 0 Å². The van der Waals surface area contributed by atoms with Gasteiger partial charge in [0, 0.05) is 19.1 Å². The summed E-state index contributed by atoms with van der Waals surface area (Å²) in [5.74, 6) is 2.47. The summed E-state index contributed by atoms with van der Waals surface area (Å²) in [6.45, 7) is 6.46. The van der Waals surface area contributed by atoms with E-state index in [0.717, 1.165) is 37.4 Å². The van der Waals surface area contributed by atoms with Gasteiger partial charge in [0.15, 0.2) is 11.5 Å². The van der Waals surface area contributed by atoms with Crippen LogP contribution in [-0.4, -0.2) is 43.4 Å². The first-order valence-corrected chi connectivity index (χ1v) is 8.22. The van der Waals surface area contributed by atoms with Crippen LogP contribution in [0.2, 0.25) is 0 Å². The molecule has 4 nitrogen and oxygen atoms in total. The van der Waals surface area contributed by atoms with Gasteiger partial charge in [0.05, 0.1) is 20.3 Å². The van der Waals surface area contributed by atoms with Crippen LogP contribution in [0.15, 0.2) is 12.1 Å². The minimum absolute atomic E-state index is 0.222. The number of piperidine rings is 1. The first kappa shape index (κ1) is 15.6. The summed E-state index contributed by atoms with van der Waals surface area (Å²) in [5, 5.41) is 10.5. The number of nitrogens with zero attached hydrogens (tertiary/aromatic N) is 1. The van der Waals surface area contributed by atoms with Crippen LogP contribution >= 0.6 is 0 Å². The minimum Gasteiger partial charge on any atom is -0.493 e. The molecule has 0 radical (unpaired) electrons. The van der Waals surface area contributed by atoms with Crippen molar-refractivity contribution in [1.82, 2.24) is 4.90 Å². The predicted octanol–water partition coefficient (Wildman–Crippen LogP) is 2.64. The summed E-state index contributed by atoms with van der Waals surface area (Å²) in [7, 11) is 3.35. The molecule has 2 heterocycles. The highest BCUT2D eigenvalue weighted by atomic mass is 16.5. The van der Waals surface area contributed by atoms with Gasteiger partial charge in [-0.1, -0.05) is 13.8 Å². The monoisotopic (exact) mass is 305 g/mol. The highest BCUT2D eigenvalue weighted by molar-refractivity contribution is 5.49. The summed E-state index contributed by atoms with van der Waals surface area (Å²) < 4.78 is 10.9. The van der Waals surface area contributed by atoms with Gasteiger partial charge in [-0.05, 0) is 47.9 Å². The second-order valence-corrected chi connectivity index (χ2v) is 6.88. The van der Waals surface area contributed by atoms with Crippen molar-refractivity contribution in [1.29, 1.82) is 0 Å². The van der Waals surface area contributed by atoms with Gasteiger partial charge in [-0.15, -0.1) is 0 Å². The van der Waals surface area contributed by atoms with Crippen molar-refractivity contribution in [2.24, 2.45) is 11.8 Å². The Bertz CT molecular complexity index is 543. The molecule has 22 heavy (non-hydrogen) atoms. The first-order valence-electron chi connectivity index (χ1n) is 8.22. The van der Waals surface area contributed by atoms with Crippen LogP contribution < -0.4 is 9.47 Å². The molecular formula is C18H27NO3. The molecule has 3 rings (SSSR count). The molecule has 0 spiro atoms. The minimum atomic E-state index is -0.222. The number of methoxy groups -OCH3 is 2. The molecule has 1 aromatic rings. The second kappa shape index (κ2) is 6.09. The Hall–Kier alpha value is -1.26. The maximum absolute atomic E-state index is 10.5. The van der Waals surface area contributed by atoms with E-state index in [4.69, 9.17) is 9.47 Å². The van der Waals surface area contributed by atoms with E-state index in [9.17, 15) is 5.11 Å². The molecule has 1 N–H and O–H groups in total. The largest absolute Gasteiger partial charge is 0.493 e. The molecule has 0 saturated carbocycles. The standard InChI is InChI=1S/C18H27NO3/c1-11(2)14-10-19-6-5-12-7-17(21-3)18(22-4)8-13(12)15(19)9-16(14)20/h7-8,11,14-16,20H,5-6,9-10H2,1-4H3. The normalized spacial score (nSPS) is 28.2. The number of hydrogen-bond acceptors (Lipinski definition) is 4. The van der Waals surface area contributed by atoms with E-state index in [2.05, 4.69) is 30.9 Å². The zero-order chi connectivity index (χ0) is 15.9. The van der Waals surface area contributed by atoms with Crippen molar-refractivity contribution < 1.29 is 14.6 Å². The molecule has 0 amide bonds. The van der Waals surface area contributed by atoms with E-state index in [1.54, 1.807) is 14.2 Å². The Morgan fingerprint density at radius 2 is 1.86 bits per heavy atom. The number of aliphatic hydroxyl groups excluding tert-OH is 1. The maximum atomic E-state index is 10.5. The Labute approximate surface area is 133 Å². The topological polar surface area (TPSA) is 41.9 Å². The van der Waals surface area contributed by atoms with E-state index in [0.29, 0.717) is 17.9 Å². The molecule has 3 unspecified atom stereocenters. The molecule has 2 aliphatic rings. The molecule has 122 valence electrons. The Kier molecular flexibility index (Phi) is 4.33. The molecule has 0 aromatic heterocycles. The van der Waals surface area contributed by atoms with Crippen molar-refractivity contribution >= 4 is 0 Å². The van der Waals surface area contributed by atoms with Gasteiger partial charge in [-0.3, -0.25) is 4.90 Å². The number of ether oxygens (including phenoxy) is 2. The van der Waals surface area contributed by atoms with E-state index in [1.165, 1.54) is 11.1 Å². The lowest BCUT2D eigenvalue weighted by Gasteiger charge is -2.47. The van der Waals surface area contributed by atoms with Crippen LogP contribution in [0, 0.1) is 11.8 Å². The molecule has 2 aliphatic heterocycles. The van der Waals surface area contributed by atoms with Crippen LogP contribution in [0.3, 0.4) is 0 Å². The maximum Gasteiger partial charge on any atom is 0.161 e. The number of hydrogen-bond donors (Lipinski definition) is 1. The van der Waals surface area contributed by atoms with Crippen LogP contribution in [-0.2, 0) is 6.42 Å². The fraction of sp³-hybridized carbons (Fsp3) is 0.667. The average molecular weight is 305 g/mol. The molecule has 4 heteroatoms. The zero-order valence-corrected chi connectivity index (χ0v) is 14.0. The van der Waals surface area contributed by atoms with Gasteiger partial charge in [0.25, 0.3) is 0 Å². The summed E-state index contributed by atoms with van der Waals surface area (Å²) >= 11 is 0. The lowest BCUT2D eigenvalue weighted by Crippen LogP contribution is -2.49. The van der Waals surface area contributed by atoms with Gasteiger partial charge in [-0.2, -0.15) is 0 Å². The number of rotatable bonds is 3. The number of fused-ring (bicyclic) bond motifs is 3. The number of benzene rings is 1. The molecule has 3 atom stereocenters. The Balaban J connectivity index is 1.93. The third-order valence-electron chi connectivity index (χ3n) is 5.37. The second-order valence-electron chi connectivity index (χ2n) is 6.88. The molecule has 0 bridgehead atoms. The van der Waals surface area contributed by atoms with E-state index < -0.39 is 0 Å². The van der Waals surface area contributed by atoms with Crippen molar-refractivity contribution in [2.75, 3.05) is 27.3 Å². The Morgan fingerprint density at radius 1 is 1.18 bits per heavy atom. The lowest BCUT2D eigenvalue weighted by atomic mass is 9.78. The quantitative estimate of drug-likeness (QED) is 0.932. The van der Waals surface area contributed by atoms with Crippen LogP contribution in [0.4, 0.5) is 0 Å². The van der Waals surface area contributed by atoms with Crippen LogP contribution in [0.25, 0.3) is 0 Å². The van der Waals surface area contributed by atoms with Crippen molar-refractivity contribution in [2.45, 2.75) is 38.8 Å². The molecule has 1 aromatic carbocycles. The lowest BCUT2D eigenvalue weighted by molar-refractivity contribution is -0.0290. The van der Waals surface area contributed by atoms with E-state index >= 15 is 0 Å². The molecule has 0 aliphatic carbocycles. The molecule has 1 saturated heterocycles. The van der Waals surface area contributed by atoms with Crippen LogP contribution in [0.5, 0.6) is 11.5 Å². The predicted molar refractivity (Wildman–Crippen MR) is 86.5 cm³/mol. The third kappa shape index (κ3) is 2.59. The summed E-state index contributed by atoms with van der Waals surface area (Å²) in [6.07, 6.45) is 1.62. The van der Waals surface area contributed by atoms with Gasteiger partial charge in [0.1, 0.15) is 0 Å². The fourth-order valence-electron chi connectivity index (χ4n) is 4.03. The zero-order valence-electron chi connectivity index (χ0n) is 14.0. The summed E-state index contributed by atoms with van der Waals surface area (Å²) in [6, 6.07) is 4.51. The average Bonchev–Trinajstić information content (AvgIpc) is 2.52. The van der Waals surface area contributed by atoms with Crippen LogP contribution in [0.1, 0.15) is 37.4 Å². The first-order chi connectivity index (χ1) is 10.5. The van der Waals surface area contributed by atoms with Crippen molar-refractivity contribution in [3.8, 4) is 11.5 Å². The van der Waals surface area contributed by atoms with Gasteiger partial charge >= 0.3 is 0 Å². The summed E-state index contributed by atoms with van der Waals surface area (Å²) in [5.41, 5.74) is 2.62. The third-order valence-corrected chi connectivity index (χ3v) is 5.37. The molecule has 1 fully saturated rings. The SMILES string of the molecule is COc1cc2c(cc1OC)C1CC(O)C(C(C)C)CN1CC2.